The van der Waals surface area contributed by atoms with Crippen molar-refractivity contribution in [3.8, 4) is 5.75 Å². The van der Waals surface area contributed by atoms with Crippen LogP contribution in [-0.2, 0) is 19.9 Å². The molecule has 0 N–H and O–H groups in total. The van der Waals surface area contributed by atoms with E-state index in [-0.39, 0.29) is 18.4 Å². The summed E-state index contributed by atoms with van der Waals surface area (Å²) in [7, 11) is 4.95. The number of rotatable bonds is 12. The summed E-state index contributed by atoms with van der Waals surface area (Å²) in [6.45, 7) is 7.02. The highest BCUT2D eigenvalue weighted by Gasteiger charge is 2.41. The predicted octanol–water partition coefficient (Wildman–Crippen LogP) is 3.94. The van der Waals surface area contributed by atoms with Crippen LogP contribution in [0.1, 0.15) is 67.8 Å². The molecule has 1 saturated heterocycles. The lowest BCUT2D eigenvalue weighted by molar-refractivity contribution is -0.138. The molecule has 2 amide bonds. The van der Waals surface area contributed by atoms with Gasteiger partial charge in [-0.2, -0.15) is 0 Å². The minimum atomic E-state index is -0.609. The first-order valence-electron chi connectivity index (χ1n) is 13.9. The fourth-order valence-corrected chi connectivity index (χ4v) is 5.74. The summed E-state index contributed by atoms with van der Waals surface area (Å²) in [4.78, 5) is 42.8. The van der Waals surface area contributed by atoms with E-state index < -0.39 is 11.7 Å². The summed E-state index contributed by atoms with van der Waals surface area (Å²) in [6, 6.07) is 5.46. The Morgan fingerprint density at radius 3 is 2.42 bits per heavy atom. The van der Waals surface area contributed by atoms with Crippen LogP contribution >= 0.6 is 0 Å². The van der Waals surface area contributed by atoms with Crippen LogP contribution < -0.4 is 4.74 Å². The number of carbonyl (C=O) groups excluding carboxylic acids is 3. The zero-order chi connectivity index (χ0) is 27.5. The molecular formula is C29H45N3O6. The van der Waals surface area contributed by atoms with Gasteiger partial charge in [-0.1, -0.05) is 12.5 Å². The SMILES string of the molecule is CCN(CCOc1ccc([C@]2(OC)CC[C@H](C(=O)N(C)CCN3CCCCC3)CC2)c(C=O)c1)C(=O)OC. The van der Waals surface area contributed by atoms with E-state index in [0.717, 1.165) is 50.9 Å². The predicted molar refractivity (Wildman–Crippen MR) is 146 cm³/mol. The third-order valence-corrected chi connectivity index (χ3v) is 8.20. The Morgan fingerprint density at radius 2 is 1.82 bits per heavy atom. The quantitative estimate of drug-likeness (QED) is 0.378. The van der Waals surface area contributed by atoms with E-state index in [9.17, 15) is 14.4 Å². The molecule has 0 bridgehead atoms. The summed E-state index contributed by atoms with van der Waals surface area (Å²) in [6.07, 6.45) is 7.03. The number of carbonyl (C=O) groups is 3. The number of aldehydes is 1. The Balaban J connectivity index is 1.58. The van der Waals surface area contributed by atoms with Gasteiger partial charge in [0, 0.05) is 45.3 Å². The molecular weight excluding hydrogens is 486 g/mol. The minimum absolute atomic E-state index is 0.0248. The standard InChI is InChI=1S/C29H45N3O6/c1-5-32(28(35)36-3)19-20-38-25-9-10-26(24(21-25)22-33)29(37-4)13-11-23(12-14-29)27(34)30(2)17-18-31-15-7-6-8-16-31/h9-10,21-23H,5-8,11-20H2,1-4H3/t23-,29-. The molecule has 1 aliphatic carbocycles. The van der Waals surface area contributed by atoms with Crippen molar-refractivity contribution in [1.29, 1.82) is 0 Å². The van der Waals surface area contributed by atoms with Gasteiger partial charge in [-0.15, -0.1) is 0 Å². The minimum Gasteiger partial charge on any atom is -0.492 e. The number of methoxy groups -OCH3 is 2. The van der Waals surface area contributed by atoms with Crippen LogP contribution in [0.2, 0.25) is 0 Å². The van der Waals surface area contributed by atoms with Gasteiger partial charge in [-0.05, 0) is 76.2 Å². The molecule has 3 rings (SSSR count). The van der Waals surface area contributed by atoms with Gasteiger partial charge in [-0.3, -0.25) is 9.59 Å². The smallest absolute Gasteiger partial charge is 0.409 e. The second kappa shape index (κ2) is 14.5. The number of benzene rings is 1. The van der Waals surface area contributed by atoms with Crippen LogP contribution in [0.5, 0.6) is 5.75 Å². The van der Waals surface area contributed by atoms with E-state index in [4.69, 9.17) is 14.2 Å². The van der Waals surface area contributed by atoms with Crippen LogP contribution in [0.3, 0.4) is 0 Å². The van der Waals surface area contributed by atoms with E-state index in [1.807, 2.05) is 31.0 Å². The zero-order valence-corrected chi connectivity index (χ0v) is 23.6. The summed E-state index contributed by atoms with van der Waals surface area (Å²) in [5.74, 6) is 0.740. The largest absolute Gasteiger partial charge is 0.492 e. The topological polar surface area (TPSA) is 88.6 Å². The zero-order valence-electron chi connectivity index (χ0n) is 23.6. The van der Waals surface area contributed by atoms with Crippen LogP contribution in [0.25, 0.3) is 0 Å². The first-order valence-corrected chi connectivity index (χ1v) is 13.9. The molecule has 1 aromatic carbocycles. The Bertz CT molecular complexity index is 925. The fourth-order valence-electron chi connectivity index (χ4n) is 5.74. The summed E-state index contributed by atoms with van der Waals surface area (Å²) in [5, 5.41) is 0. The van der Waals surface area contributed by atoms with Crippen molar-refractivity contribution in [1.82, 2.24) is 14.7 Å². The Labute approximate surface area is 227 Å². The number of hydrogen-bond donors (Lipinski definition) is 0. The third-order valence-electron chi connectivity index (χ3n) is 8.20. The molecule has 1 aromatic rings. The molecule has 38 heavy (non-hydrogen) atoms. The molecule has 2 aliphatic rings. The van der Waals surface area contributed by atoms with E-state index >= 15 is 0 Å². The first-order chi connectivity index (χ1) is 18.4. The van der Waals surface area contributed by atoms with Crippen molar-refractivity contribution in [2.24, 2.45) is 5.92 Å². The number of nitrogens with zero attached hydrogens (tertiary/aromatic N) is 3. The van der Waals surface area contributed by atoms with Gasteiger partial charge in [0.1, 0.15) is 12.4 Å². The average molecular weight is 532 g/mol. The number of likely N-dealkylation sites (tertiary alicyclic amines) is 1. The number of likely N-dealkylation sites (N-methyl/N-ethyl adjacent to an activating group) is 2. The van der Waals surface area contributed by atoms with Crippen molar-refractivity contribution in [2.75, 3.05) is 67.1 Å². The molecule has 0 spiro atoms. The molecule has 1 heterocycles. The molecule has 0 radical (unpaired) electrons. The van der Waals surface area contributed by atoms with Crippen molar-refractivity contribution in [3.05, 3.63) is 29.3 Å². The Hall–Kier alpha value is -2.65. The normalized spacial score (nSPS) is 21.9. The second-order valence-electron chi connectivity index (χ2n) is 10.4. The van der Waals surface area contributed by atoms with Gasteiger partial charge >= 0.3 is 6.09 Å². The van der Waals surface area contributed by atoms with Crippen LogP contribution in [0.15, 0.2) is 18.2 Å². The highest BCUT2D eigenvalue weighted by atomic mass is 16.5. The average Bonchev–Trinajstić information content (AvgIpc) is 2.97. The van der Waals surface area contributed by atoms with Crippen LogP contribution in [-0.4, -0.2) is 100 Å². The van der Waals surface area contributed by atoms with E-state index in [0.29, 0.717) is 37.2 Å². The molecule has 1 aliphatic heterocycles. The molecule has 0 unspecified atom stereocenters. The number of hydrogen-bond acceptors (Lipinski definition) is 7. The highest BCUT2D eigenvalue weighted by Crippen LogP contribution is 2.44. The Kier molecular flexibility index (Phi) is 11.4. The molecule has 0 aromatic heterocycles. The summed E-state index contributed by atoms with van der Waals surface area (Å²) < 4.78 is 16.6. The number of ether oxygens (including phenoxy) is 3. The van der Waals surface area contributed by atoms with Crippen molar-refractivity contribution in [2.45, 2.75) is 57.5 Å². The number of amides is 2. The maximum absolute atomic E-state index is 13.2. The van der Waals surface area contributed by atoms with Crippen molar-refractivity contribution in [3.63, 3.8) is 0 Å². The monoisotopic (exact) mass is 531 g/mol. The first kappa shape index (κ1) is 29.9. The molecule has 1 saturated carbocycles. The lowest BCUT2D eigenvalue weighted by Crippen LogP contribution is -2.43. The van der Waals surface area contributed by atoms with E-state index in [1.165, 1.54) is 26.4 Å². The van der Waals surface area contributed by atoms with Crippen LogP contribution in [0.4, 0.5) is 4.79 Å². The van der Waals surface area contributed by atoms with Gasteiger partial charge in [-0.25, -0.2) is 4.79 Å². The van der Waals surface area contributed by atoms with Crippen molar-refractivity contribution < 1.29 is 28.6 Å². The molecule has 212 valence electrons. The van der Waals surface area contributed by atoms with E-state index in [1.54, 1.807) is 18.1 Å². The van der Waals surface area contributed by atoms with Gasteiger partial charge in [0.25, 0.3) is 0 Å². The van der Waals surface area contributed by atoms with Crippen molar-refractivity contribution >= 4 is 18.3 Å². The maximum Gasteiger partial charge on any atom is 0.409 e. The second-order valence-corrected chi connectivity index (χ2v) is 10.4. The molecule has 2 fully saturated rings. The Morgan fingerprint density at radius 1 is 1.11 bits per heavy atom. The maximum atomic E-state index is 13.2. The van der Waals surface area contributed by atoms with Gasteiger partial charge in [0.2, 0.25) is 5.91 Å². The van der Waals surface area contributed by atoms with E-state index in [2.05, 4.69) is 4.90 Å². The lowest BCUT2D eigenvalue weighted by atomic mass is 9.73. The van der Waals surface area contributed by atoms with Gasteiger partial charge in [0.05, 0.1) is 19.3 Å². The van der Waals surface area contributed by atoms with Gasteiger partial charge in [0.15, 0.2) is 6.29 Å². The lowest BCUT2D eigenvalue weighted by Gasteiger charge is -2.40. The molecule has 9 nitrogen and oxygen atoms in total. The molecule has 0 atom stereocenters. The third kappa shape index (κ3) is 7.47. The highest BCUT2D eigenvalue weighted by molar-refractivity contribution is 5.80. The fraction of sp³-hybridized carbons (Fsp3) is 0.690. The summed E-state index contributed by atoms with van der Waals surface area (Å²) in [5.41, 5.74) is 0.742. The summed E-state index contributed by atoms with van der Waals surface area (Å²) >= 11 is 0. The molecule has 9 heteroatoms. The van der Waals surface area contributed by atoms with Crippen LogP contribution in [0, 0.1) is 5.92 Å². The number of piperidine rings is 1. The van der Waals surface area contributed by atoms with Gasteiger partial charge < -0.3 is 28.9 Å².